The quantitative estimate of drug-likeness (QED) is 0.879. The molecule has 0 saturated heterocycles. The van der Waals surface area contributed by atoms with Gasteiger partial charge in [0.25, 0.3) is 5.91 Å². The minimum Gasteiger partial charge on any atom is -0.480 e. The molecular formula is C11H9ClN4O3. The van der Waals surface area contributed by atoms with Gasteiger partial charge in [0.2, 0.25) is 0 Å². The van der Waals surface area contributed by atoms with Crippen LogP contribution in [0.3, 0.4) is 0 Å². The lowest BCUT2D eigenvalue weighted by atomic mass is 10.2. The topological polar surface area (TPSA) is 97.1 Å². The van der Waals surface area contributed by atoms with E-state index in [2.05, 4.69) is 15.6 Å². The number of aromatic nitrogens is 3. The first kappa shape index (κ1) is 13.0. The van der Waals surface area contributed by atoms with Crippen LogP contribution in [-0.2, 0) is 11.3 Å². The van der Waals surface area contributed by atoms with Crippen molar-refractivity contribution in [2.45, 2.75) is 6.54 Å². The molecule has 0 radical (unpaired) electrons. The summed E-state index contributed by atoms with van der Waals surface area (Å²) in [7, 11) is 0. The maximum absolute atomic E-state index is 11.8. The number of aliphatic carboxylic acids is 1. The van der Waals surface area contributed by atoms with Crippen molar-refractivity contribution < 1.29 is 14.7 Å². The van der Waals surface area contributed by atoms with Gasteiger partial charge < -0.3 is 10.4 Å². The van der Waals surface area contributed by atoms with E-state index < -0.39 is 11.9 Å². The number of hydrogen-bond donors (Lipinski definition) is 2. The van der Waals surface area contributed by atoms with Crippen LogP contribution in [0.2, 0.25) is 5.02 Å². The van der Waals surface area contributed by atoms with Crippen LogP contribution in [-0.4, -0.2) is 32.0 Å². The molecule has 7 nitrogen and oxygen atoms in total. The van der Waals surface area contributed by atoms with Crippen molar-refractivity contribution >= 4 is 29.3 Å². The van der Waals surface area contributed by atoms with Crippen LogP contribution >= 0.6 is 11.6 Å². The third-order valence-electron chi connectivity index (χ3n) is 2.16. The predicted molar refractivity (Wildman–Crippen MR) is 67.1 cm³/mol. The fourth-order valence-electron chi connectivity index (χ4n) is 1.39. The zero-order valence-corrected chi connectivity index (χ0v) is 10.3. The Hall–Kier alpha value is -2.41. The minimum atomic E-state index is -1.04. The molecule has 0 bridgehead atoms. The monoisotopic (exact) mass is 280 g/mol. The molecule has 1 heterocycles. The molecular weight excluding hydrogens is 272 g/mol. The average molecular weight is 281 g/mol. The standard InChI is InChI=1S/C11H9ClN4O3/c12-8-3-1-2-7(4-8)11(19)13-9-5-16(15-14-9)6-10(17)18/h1-5H,6H2,(H,13,19)(H,17,18). The van der Waals surface area contributed by atoms with E-state index in [-0.39, 0.29) is 12.4 Å². The van der Waals surface area contributed by atoms with Crippen LogP contribution in [0, 0.1) is 0 Å². The Morgan fingerprint density at radius 3 is 2.89 bits per heavy atom. The van der Waals surface area contributed by atoms with Crippen molar-refractivity contribution in [1.82, 2.24) is 15.0 Å². The fraction of sp³-hybridized carbons (Fsp3) is 0.0909. The van der Waals surface area contributed by atoms with Crippen LogP contribution in [0.4, 0.5) is 5.82 Å². The highest BCUT2D eigenvalue weighted by molar-refractivity contribution is 6.31. The number of carbonyl (C=O) groups is 2. The maximum Gasteiger partial charge on any atom is 0.325 e. The molecule has 19 heavy (non-hydrogen) atoms. The van der Waals surface area contributed by atoms with Crippen LogP contribution < -0.4 is 5.32 Å². The fourth-order valence-corrected chi connectivity index (χ4v) is 1.58. The number of carboxylic acid groups (broad SMARTS) is 1. The minimum absolute atomic E-state index is 0.172. The van der Waals surface area contributed by atoms with Crippen LogP contribution in [0.5, 0.6) is 0 Å². The summed E-state index contributed by atoms with van der Waals surface area (Å²) >= 11 is 5.78. The first-order chi connectivity index (χ1) is 9.04. The summed E-state index contributed by atoms with van der Waals surface area (Å²) in [4.78, 5) is 22.3. The van der Waals surface area contributed by atoms with E-state index in [1.807, 2.05) is 0 Å². The number of carbonyl (C=O) groups excluding carboxylic acids is 1. The van der Waals surface area contributed by atoms with E-state index in [1.165, 1.54) is 12.3 Å². The van der Waals surface area contributed by atoms with Crippen molar-refractivity contribution in [2.24, 2.45) is 0 Å². The summed E-state index contributed by atoms with van der Waals surface area (Å²) < 4.78 is 1.11. The van der Waals surface area contributed by atoms with Gasteiger partial charge in [-0.1, -0.05) is 22.9 Å². The second kappa shape index (κ2) is 5.49. The highest BCUT2D eigenvalue weighted by Gasteiger charge is 2.10. The third-order valence-corrected chi connectivity index (χ3v) is 2.40. The number of anilines is 1. The molecule has 0 aliphatic carbocycles. The van der Waals surface area contributed by atoms with Gasteiger partial charge in [-0.15, -0.1) is 5.10 Å². The molecule has 8 heteroatoms. The number of hydrogen-bond acceptors (Lipinski definition) is 4. The summed E-state index contributed by atoms with van der Waals surface area (Å²) in [6.45, 7) is -0.319. The van der Waals surface area contributed by atoms with Crippen molar-refractivity contribution in [2.75, 3.05) is 5.32 Å². The van der Waals surface area contributed by atoms with Gasteiger partial charge >= 0.3 is 5.97 Å². The zero-order chi connectivity index (χ0) is 13.8. The van der Waals surface area contributed by atoms with Gasteiger partial charge in [-0.3, -0.25) is 9.59 Å². The summed E-state index contributed by atoms with van der Waals surface area (Å²) in [5.74, 6) is -1.27. The summed E-state index contributed by atoms with van der Waals surface area (Å²) in [6.07, 6.45) is 1.33. The van der Waals surface area contributed by atoms with Crippen molar-refractivity contribution in [3.63, 3.8) is 0 Å². The molecule has 0 unspecified atom stereocenters. The number of halogens is 1. The molecule has 0 aliphatic heterocycles. The van der Waals surface area contributed by atoms with E-state index in [4.69, 9.17) is 16.7 Å². The van der Waals surface area contributed by atoms with E-state index in [1.54, 1.807) is 18.2 Å². The molecule has 0 spiro atoms. The lowest BCUT2D eigenvalue weighted by molar-refractivity contribution is -0.137. The molecule has 1 aromatic heterocycles. The van der Waals surface area contributed by atoms with Gasteiger partial charge in [0.15, 0.2) is 5.82 Å². The van der Waals surface area contributed by atoms with E-state index in [9.17, 15) is 9.59 Å². The predicted octanol–water partition coefficient (Wildman–Crippen LogP) is 1.27. The summed E-state index contributed by atoms with van der Waals surface area (Å²) in [6, 6.07) is 6.42. The second-order valence-electron chi connectivity index (χ2n) is 3.66. The Bertz CT molecular complexity index is 626. The molecule has 1 amide bonds. The number of rotatable bonds is 4. The smallest absolute Gasteiger partial charge is 0.325 e. The molecule has 98 valence electrons. The van der Waals surface area contributed by atoms with E-state index in [0.717, 1.165) is 4.68 Å². The van der Waals surface area contributed by atoms with Gasteiger partial charge in [0.05, 0.1) is 6.20 Å². The molecule has 2 rings (SSSR count). The number of nitrogens with zero attached hydrogens (tertiary/aromatic N) is 3. The normalized spacial score (nSPS) is 10.2. The number of benzene rings is 1. The molecule has 1 aromatic carbocycles. The Balaban J connectivity index is 2.06. The van der Waals surface area contributed by atoms with Crippen LogP contribution in [0.1, 0.15) is 10.4 Å². The second-order valence-corrected chi connectivity index (χ2v) is 4.10. The van der Waals surface area contributed by atoms with Crippen molar-refractivity contribution in [3.05, 3.63) is 41.0 Å². The number of nitrogens with one attached hydrogen (secondary N) is 1. The Morgan fingerprint density at radius 2 is 2.21 bits per heavy atom. The van der Waals surface area contributed by atoms with Crippen molar-refractivity contribution in [3.8, 4) is 0 Å². The Labute approximate surface area is 112 Å². The lowest BCUT2D eigenvalue weighted by Crippen LogP contribution is -2.12. The molecule has 0 atom stereocenters. The molecule has 2 aromatic rings. The maximum atomic E-state index is 11.8. The van der Waals surface area contributed by atoms with Gasteiger partial charge in [-0.25, -0.2) is 4.68 Å². The Morgan fingerprint density at radius 1 is 1.42 bits per heavy atom. The molecule has 0 aliphatic rings. The van der Waals surface area contributed by atoms with Gasteiger partial charge in [0, 0.05) is 10.6 Å². The molecule has 2 N–H and O–H groups in total. The number of carboxylic acids is 1. The van der Waals surface area contributed by atoms with Crippen molar-refractivity contribution in [1.29, 1.82) is 0 Å². The lowest BCUT2D eigenvalue weighted by Gasteiger charge is -2.01. The highest BCUT2D eigenvalue weighted by Crippen LogP contribution is 2.12. The first-order valence-electron chi connectivity index (χ1n) is 5.23. The largest absolute Gasteiger partial charge is 0.480 e. The van der Waals surface area contributed by atoms with Gasteiger partial charge in [-0.2, -0.15) is 0 Å². The SMILES string of the molecule is O=C(O)Cn1cc(NC(=O)c2cccc(Cl)c2)nn1. The third kappa shape index (κ3) is 3.52. The molecule has 0 fully saturated rings. The summed E-state index contributed by atoms with van der Waals surface area (Å²) in [5, 5.41) is 18.7. The highest BCUT2D eigenvalue weighted by atomic mass is 35.5. The van der Waals surface area contributed by atoms with Gasteiger partial charge in [0.1, 0.15) is 6.54 Å². The zero-order valence-electron chi connectivity index (χ0n) is 9.58. The van der Waals surface area contributed by atoms with Gasteiger partial charge in [-0.05, 0) is 18.2 Å². The summed E-state index contributed by atoms with van der Waals surface area (Å²) in [5.41, 5.74) is 0.375. The van der Waals surface area contributed by atoms with Crippen LogP contribution in [0.25, 0.3) is 0 Å². The van der Waals surface area contributed by atoms with Crippen LogP contribution in [0.15, 0.2) is 30.5 Å². The van der Waals surface area contributed by atoms with E-state index >= 15 is 0 Å². The first-order valence-corrected chi connectivity index (χ1v) is 5.61. The van der Waals surface area contributed by atoms with E-state index in [0.29, 0.717) is 10.6 Å². The number of amides is 1. The molecule has 0 saturated carbocycles. The Kier molecular flexibility index (Phi) is 3.76. The average Bonchev–Trinajstić information content (AvgIpc) is 2.75.